The Morgan fingerprint density at radius 3 is 2.35 bits per heavy atom. The van der Waals surface area contributed by atoms with Gasteiger partial charge in [-0.1, -0.05) is 55.1 Å². The SMILES string of the molecule is C[C@@H](C(=O)NC1CCCCC1)N(Cc1ccc(Cl)cc1)C(=O)CCCN(c1ccccc1F)S(C)(=O)=O. The summed E-state index contributed by atoms with van der Waals surface area (Å²) in [6, 6.07) is 12.1. The van der Waals surface area contributed by atoms with E-state index in [1.165, 1.54) is 29.5 Å². The van der Waals surface area contributed by atoms with Gasteiger partial charge in [-0.15, -0.1) is 0 Å². The molecule has 2 aromatic carbocycles. The van der Waals surface area contributed by atoms with E-state index in [1.54, 1.807) is 37.3 Å². The van der Waals surface area contributed by atoms with Crippen LogP contribution in [0.15, 0.2) is 48.5 Å². The van der Waals surface area contributed by atoms with E-state index in [2.05, 4.69) is 5.32 Å². The van der Waals surface area contributed by atoms with E-state index in [0.29, 0.717) is 5.02 Å². The van der Waals surface area contributed by atoms with Crippen LogP contribution in [0.25, 0.3) is 0 Å². The third kappa shape index (κ3) is 8.43. The van der Waals surface area contributed by atoms with Crippen molar-refractivity contribution in [1.29, 1.82) is 0 Å². The van der Waals surface area contributed by atoms with Gasteiger partial charge in [0.05, 0.1) is 11.9 Å². The summed E-state index contributed by atoms with van der Waals surface area (Å²) in [5.41, 5.74) is 0.759. The number of sulfonamides is 1. The summed E-state index contributed by atoms with van der Waals surface area (Å²) < 4.78 is 40.0. The van der Waals surface area contributed by atoms with Gasteiger partial charge in [0.25, 0.3) is 0 Å². The Labute approximate surface area is 224 Å². The molecule has 2 aromatic rings. The molecule has 1 N–H and O–H groups in total. The Morgan fingerprint density at radius 2 is 1.73 bits per heavy atom. The number of hydrogen-bond acceptors (Lipinski definition) is 4. The fraction of sp³-hybridized carbons (Fsp3) is 0.481. The predicted molar refractivity (Wildman–Crippen MR) is 144 cm³/mol. The molecule has 1 aliphatic rings. The third-order valence-electron chi connectivity index (χ3n) is 6.66. The maximum atomic E-state index is 14.3. The van der Waals surface area contributed by atoms with Crippen molar-refractivity contribution in [1.82, 2.24) is 10.2 Å². The number of carbonyl (C=O) groups excluding carboxylic acids is 2. The Hall–Kier alpha value is -2.65. The lowest BCUT2D eigenvalue weighted by molar-refractivity contribution is -0.141. The molecule has 0 heterocycles. The van der Waals surface area contributed by atoms with Crippen LogP contribution in [0.1, 0.15) is 57.4 Å². The second kappa shape index (κ2) is 13.2. The standard InChI is InChI=1S/C27H35ClFN3O4S/c1-20(27(34)30-23-9-4-3-5-10-23)31(19-21-14-16-22(28)17-15-21)26(33)13-8-18-32(37(2,35)36)25-12-7-6-11-24(25)29/h6-7,11-12,14-17,20,23H,3-5,8-10,13,18-19H2,1-2H3,(H,30,34)/t20-/m0/s1. The monoisotopic (exact) mass is 551 g/mol. The summed E-state index contributed by atoms with van der Waals surface area (Å²) in [7, 11) is -3.77. The number of anilines is 1. The smallest absolute Gasteiger partial charge is 0.242 e. The van der Waals surface area contributed by atoms with Gasteiger partial charge < -0.3 is 10.2 Å². The summed E-state index contributed by atoms with van der Waals surface area (Å²) in [5, 5.41) is 3.66. The zero-order chi connectivity index (χ0) is 27.0. The molecule has 0 saturated heterocycles. The summed E-state index contributed by atoms with van der Waals surface area (Å²) in [4.78, 5) is 28.0. The normalized spacial score (nSPS) is 15.1. The van der Waals surface area contributed by atoms with Gasteiger partial charge in [-0.2, -0.15) is 0 Å². The van der Waals surface area contributed by atoms with Crippen molar-refractivity contribution in [2.45, 2.75) is 70.5 Å². The molecule has 0 aromatic heterocycles. The molecule has 0 bridgehead atoms. The summed E-state index contributed by atoms with van der Waals surface area (Å²) in [6.07, 6.45) is 6.34. The zero-order valence-corrected chi connectivity index (χ0v) is 22.9. The van der Waals surface area contributed by atoms with Crippen LogP contribution < -0.4 is 9.62 Å². The predicted octanol–water partition coefficient (Wildman–Crippen LogP) is 4.89. The van der Waals surface area contributed by atoms with E-state index >= 15 is 0 Å². The van der Waals surface area contributed by atoms with Crippen molar-refractivity contribution < 1.29 is 22.4 Å². The van der Waals surface area contributed by atoms with Crippen molar-refractivity contribution in [3.05, 3.63) is 64.9 Å². The molecule has 1 atom stereocenters. The van der Waals surface area contributed by atoms with Gasteiger partial charge in [-0.3, -0.25) is 13.9 Å². The highest BCUT2D eigenvalue weighted by atomic mass is 35.5. The molecule has 0 radical (unpaired) electrons. The minimum absolute atomic E-state index is 0.00485. The lowest BCUT2D eigenvalue weighted by atomic mass is 9.95. The third-order valence-corrected chi connectivity index (χ3v) is 8.09. The van der Waals surface area contributed by atoms with Gasteiger partial charge in [0.2, 0.25) is 21.8 Å². The Kier molecular flexibility index (Phi) is 10.3. The van der Waals surface area contributed by atoms with E-state index in [1.807, 2.05) is 0 Å². The molecule has 1 saturated carbocycles. The molecular formula is C27H35ClFN3O4S. The van der Waals surface area contributed by atoms with Gasteiger partial charge in [0, 0.05) is 30.6 Å². The van der Waals surface area contributed by atoms with Crippen LogP contribution in [0.4, 0.5) is 10.1 Å². The van der Waals surface area contributed by atoms with Crippen molar-refractivity contribution >= 4 is 39.1 Å². The summed E-state index contributed by atoms with van der Waals surface area (Å²) >= 11 is 6.00. The van der Waals surface area contributed by atoms with Gasteiger partial charge in [-0.25, -0.2) is 12.8 Å². The van der Waals surface area contributed by atoms with Crippen LogP contribution in [0.5, 0.6) is 0 Å². The van der Waals surface area contributed by atoms with Crippen molar-refractivity contribution in [3.8, 4) is 0 Å². The largest absolute Gasteiger partial charge is 0.352 e. The molecule has 202 valence electrons. The molecular weight excluding hydrogens is 517 g/mol. The molecule has 37 heavy (non-hydrogen) atoms. The number of nitrogens with zero attached hydrogens (tertiary/aromatic N) is 2. The van der Waals surface area contributed by atoms with E-state index < -0.39 is 21.9 Å². The van der Waals surface area contributed by atoms with E-state index in [-0.39, 0.29) is 49.5 Å². The molecule has 7 nitrogen and oxygen atoms in total. The van der Waals surface area contributed by atoms with Gasteiger partial charge >= 0.3 is 0 Å². The maximum absolute atomic E-state index is 14.3. The quantitative estimate of drug-likeness (QED) is 0.431. The Bertz CT molecular complexity index is 1170. The number of para-hydroxylation sites is 1. The number of nitrogens with one attached hydrogen (secondary N) is 1. The molecule has 3 rings (SSSR count). The molecule has 0 spiro atoms. The average molecular weight is 552 g/mol. The first-order valence-electron chi connectivity index (χ1n) is 12.6. The van der Waals surface area contributed by atoms with Crippen LogP contribution >= 0.6 is 11.6 Å². The highest BCUT2D eigenvalue weighted by Crippen LogP contribution is 2.23. The molecule has 1 aliphatic carbocycles. The first-order chi connectivity index (χ1) is 17.6. The van der Waals surface area contributed by atoms with Crippen LogP contribution in [0.2, 0.25) is 5.02 Å². The van der Waals surface area contributed by atoms with E-state index in [0.717, 1.165) is 41.8 Å². The van der Waals surface area contributed by atoms with Crippen LogP contribution in [0, 0.1) is 5.82 Å². The van der Waals surface area contributed by atoms with Crippen LogP contribution in [-0.2, 0) is 26.2 Å². The molecule has 2 amide bonds. The number of rotatable bonds is 11. The minimum atomic E-state index is -3.77. The first-order valence-corrected chi connectivity index (χ1v) is 14.9. The topological polar surface area (TPSA) is 86.8 Å². The van der Waals surface area contributed by atoms with E-state index in [9.17, 15) is 22.4 Å². The van der Waals surface area contributed by atoms with Crippen LogP contribution in [-0.4, -0.2) is 50.0 Å². The number of hydrogen-bond donors (Lipinski definition) is 1. The van der Waals surface area contributed by atoms with Crippen molar-refractivity contribution in [2.75, 3.05) is 17.1 Å². The zero-order valence-electron chi connectivity index (χ0n) is 21.3. The Morgan fingerprint density at radius 1 is 1.08 bits per heavy atom. The first kappa shape index (κ1) is 28.9. The molecule has 0 unspecified atom stereocenters. The number of benzene rings is 2. The number of carbonyl (C=O) groups is 2. The number of amides is 2. The molecule has 1 fully saturated rings. The molecule has 10 heteroatoms. The van der Waals surface area contributed by atoms with E-state index in [4.69, 9.17) is 11.6 Å². The maximum Gasteiger partial charge on any atom is 0.242 e. The van der Waals surface area contributed by atoms with Crippen LogP contribution in [0.3, 0.4) is 0 Å². The van der Waals surface area contributed by atoms with Crippen molar-refractivity contribution in [3.63, 3.8) is 0 Å². The summed E-state index contributed by atoms with van der Waals surface area (Å²) in [5.74, 6) is -1.15. The second-order valence-electron chi connectivity index (χ2n) is 9.56. The molecule has 0 aliphatic heterocycles. The Balaban J connectivity index is 1.71. The minimum Gasteiger partial charge on any atom is -0.352 e. The van der Waals surface area contributed by atoms with Gasteiger partial charge in [-0.05, 0) is 56.0 Å². The van der Waals surface area contributed by atoms with Gasteiger partial charge in [0.15, 0.2) is 0 Å². The number of halogens is 2. The lowest BCUT2D eigenvalue weighted by Gasteiger charge is -2.31. The van der Waals surface area contributed by atoms with Gasteiger partial charge in [0.1, 0.15) is 11.9 Å². The fourth-order valence-electron chi connectivity index (χ4n) is 4.57. The summed E-state index contributed by atoms with van der Waals surface area (Å²) in [6.45, 7) is 1.84. The van der Waals surface area contributed by atoms with Crippen molar-refractivity contribution in [2.24, 2.45) is 0 Å². The average Bonchev–Trinajstić information content (AvgIpc) is 2.86. The highest BCUT2D eigenvalue weighted by Gasteiger charge is 2.28. The lowest BCUT2D eigenvalue weighted by Crippen LogP contribution is -2.50. The second-order valence-corrected chi connectivity index (χ2v) is 11.9. The highest BCUT2D eigenvalue weighted by molar-refractivity contribution is 7.92. The fourth-order valence-corrected chi connectivity index (χ4v) is 5.67.